The first-order valence-electron chi connectivity index (χ1n) is 7.37. The molecular weight excluding hydrogens is 324 g/mol. The third-order valence-electron chi connectivity index (χ3n) is 3.78. The molecule has 0 fully saturated rings. The first-order valence-corrected chi connectivity index (χ1v) is 7.37. The number of non-ortho nitro benzene ring substituents is 1. The van der Waals surface area contributed by atoms with E-state index < -0.39 is 22.7 Å². The summed E-state index contributed by atoms with van der Waals surface area (Å²) in [5.74, 6) is -2.35. The fourth-order valence-corrected chi connectivity index (χ4v) is 2.70. The number of carbonyl (C=O) groups is 1. The summed E-state index contributed by atoms with van der Waals surface area (Å²) in [6.07, 6.45) is 1.42. The monoisotopic (exact) mass is 340 g/mol. The highest BCUT2D eigenvalue weighted by Gasteiger charge is 2.38. The van der Waals surface area contributed by atoms with Crippen molar-refractivity contribution in [1.29, 1.82) is 5.26 Å². The standard InChI is InChI=1S/C17H16N4O4/c1-3-7-25-17(22)14-10(2)20-16(19)13(9-18)15(14)11-5-4-6-12(8-11)21(23)24/h3-6,8,13,15H,1,7H2,2H3,(H2,19,20). The van der Waals surface area contributed by atoms with E-state index in [2.05, 4.69) is 11.6 Å². The van der Waals surface area contributed by atoms with Crippen molar-refractivity contribution in [2.75, 3.05) is 6.61 Å². The Labute approximate surface area is 144 Å². The van der Waals surface area contributed by atoms with Gasteiger partial charge in [0.15, 0.2) is 0 Å². The van der Waals surface area contributed by atoms with Gasteiger partial charge in [-0.15, -0.1) is 0 Å². The number of ether oxygens (including phenoxy) is 1. The Bertz CT molecular complexity index is 835. The molecular formula is C17H16N4O4. The third-order valence-corrected chi connectivity index (χ3v) is 3.78. The highest BCUT2D eigenvalue weighted by Crippen LogP contribution is 2.39. The van der Waals surface area contributed by atoms with Gasteiger partial charge in [0, 0.05) is 18.1 Å². The van der Waals surface area contributed by atoms with Gasteiger partial charge in [0.25, 0.3) is 5.69 Å². The van der Waals surface area contributed by atoms with Gasteiger partial charge in [0.1, 0.15) is 18.4 Å². The predicted octanol–water partition coefficient (Wildman–Crippen LogP) is 2.19. The third kappa shape index (κ3) is 3.55. The minimum absolute atomic E-state index is 0.00626. The molecule has 1 aliphatic rings. The number of nitro groups is 1. The van der Waals surface area contributed by atoms with Crippen molar-refractivity contribution in [2.45, 2.75) is 12.8 Å². The van der Waals surface area contributed by atoms with Crippen LogP contribution in [0.25, 0.3) is 0 Å². The summed E-state index contributed by atoms with van der Waals surface area (Å²) in [5.41, 5.74) is 6.60. The molecule has 0 aromatic heterocycles. The lowest BCUT2D eigenvalue weighted by Crippen LogP contribution is -2.35. The first-order chi connectivity index (χ1) is 11.9. The van der Waals surface area contributed by atoms with E-state index in [4.69, 9.17) is 10.5 Å². The maximum Gasteiger partial charge on any atom is 0.336 e. The van der Waals surface area contributed by atoms with Crippen LogP contribution < -0.4 is 5.73 Å². The van der Waals surface area contributed by atoms with E-state index in [0.29, 0.717) is 11.3 Å². The van der Waals surface area contributed by atoms with Crippen molar-refractivity contribution >= 4 is 17.5 Å². The first kappa shape index (κ1) is 17.9. The zero-order valence-corrected chi connectivity index (χ0v) is 13.5. The Balaban J connectivity index is 2.60. The van der Waals surface area contributed by atoms with Crippen molar-refractivity contribution in [2.24, 2.45) is 16.6 Å². The van der Waals surface area contributed by atoms with E-state index in [1.165, 1.54) is 24.3 Å². The SMILES string of the molecule is C=CCOC(=O)C1=C(C)N=C(N)C(C#N)C1c1cccc([N+](=O)[O-])c1. The smallest absolute Gasteiger partial charge is 0.336 e. The number of benzene rings is 1. The van der Waals surface area contributed by atoms with Gasteiger partial charge in [-0.2, -0.15) is 5.26 Å². The summed E-state index contributed by atoms with van der Waals surface area (Å²) in [4.78, 5) is 27.0. The van der Waals surface area contributed by atoms with Crippen LogP contribution in [0.15, 0.2) is 53.2 Å². The second-order valence-corrected chi connectivity index (χ2v) is 5.36. The lowest BCUT2D eigenvalue weighted by Gasteiger charge is -2.28. The molecule has 2 rings (SSSR count). The summed E-state index contributed by atoms with van der Waals surface area (Å²) in [6.45, 7) is 5.05. The van der Waals surface area contributed by atoms with Crippen LogP contribution in [0.5, 0.6) is 0 Å². The average Bonchev–Trinajstić information content (AvgIpc) is 2.59. The summed E-state index contributed by atoms with van der Waals surface area (Å²) >= 11 is 0. The zero-order chi connectivity index (χ0) is 18.6. The molecule has 1 aromatic carbocycles. The topological polar surface area (TPSA) is 132 Å². The van der Waals surface area contributed by atoms with Crippen LogP contribution in [-0.4, -0.2) is 23.3 Å². The Morgan fingerprint density at radius 3 is 2.92 bits per heavy atom. The van der Waals surface area contributed by atoms with Crippen molar-refractivity contribution in [1.82, 2.24) is 0 Å². The number of nitrogens with two attached hydrogens (primary N) is 1. The number of nitro benzene ring substituents is 1. The van der Waals surface area contributed by atoms with Crippen molar-refractivity contribution in [3.63, 3.8) is 0 Å². The number of allylic oxidation sites excluding steroid dienone is 1. The van der Waals surface area contributed by atoms with Crippen molar-refractivity contribution in [3.8, 4) is 6.07 Å². The molecule has 0 saturated carbocycles. The molecule has 0 bridgehead atoms. The number of hydrogen-bond acceptors (Lipinski definition) is 7. The van der Waals surface area contributed by atoms with Crippen LogP contribution in [-0.2, 0) is 9.53 Å². The van der Waals surface area contributed by atoms with E-state index in [-0.39, 0.29) is 23.7 Å². The van der Waals surface area contributed by atoms with Crippen LogP contribution in [0, 0.1) is 27.4 Å². The molecule has 2 unspecified atom stereocenters. The van der Waals surface area contributed by atoms with Crippen LogP contribution in [0.3, 0.4) is 0 Å². The van der Waals surface area contributed by atoms with Crippen molar-refractivity contribution < 1.29 is 14.5 Å². The average molecular weight is 340 g/mol. The van der Waals surface area contributed by atoms with Crippen LogP contribution in [0.2, 0.25) is 0 Å². The highest BCUT2D eigenvalue weighted by molar-refractivity contribution is 5.98. The van der Waals surface area contributed by atoms with Gasteiger partial charge in [-0.1, -0.05) is 24.8 Å². The molecule has 2 N–H and O–H groups in total. The number of amidine groups is 1. The van der Waals surface area contributed by atoms with Gasteiger partial charge in [0.2, 0.25) is 0 Å². The lowest BCUT2D eigenvalue weighted by molar-refractivity contribution is -0.384. The quantitative estimate of drug-likeness (QED) is 0.378. The number of nitrogens with zero attached hydrogens (tertiary/aromatic N) is 3. The number of nitriles is 1. The minimum atomic E-state index is -0.933. The van der Waals surface area contributed by atoms with Gasteiger partial charge >= 0.3 is 5.97 Å². The molecule has 1 heterocycles. The van der Waals surface area contributed by atoms with E-state index in [9.17, 15) is 20.2 Å². The number of rotatable bonds is 5. The Kier molecular flexibility index (Phi) is 5.29. The van der Waals surface area contributed by atoms with E-state index >= 15 is 0 Å². The Morgan fingerprint density at radius 1 is 1.60 bits per heavy atom. The molecule has 0 amide bonds. The minimum Gasteiger partial charge on any atom is -0.458 e. The van der Waals surface area contributed by atoms with E-state index in [0.717, 1.165) is 0 Å². The molecule has 1 aromatic rings. The molecule has 0 saturated heterocycles. The van der Waals surface area contributed by atoms with Crippen LogP contribution in [0.4, 0.5) is 5.69 Å². The second-order valence-electron chi connectivity index (χ2n) is 5.36. The molecule has 2 atom stereocenters. The second kappa shape index (κ2) is 7.40. The molecule has 0 radical (unpaired) electrons. The summed E-state index contributed by atoms with van der Waals surface area (Å²) in [5, 5.41) is 20.5. The number of hydrogen-bond donors (Lipinski definition) is 1. The molecule has 0 aliphatic carbocycles. The molecule has 1 aliphatic heterocycles. The van der Waals surface area contributed by atoms with Gasteiger partial charge in [-0.05, 0) is 12.5 Å². The summed E-state index contributed by atoms with van der Waals surface area (Å²) in [7, 11) is 0. The normalized spacial score (nSPS) is 19.6. The van der Waals surface area contributed by atoms with Gasteiger partial charge in [-0.25, -0.2) is 9.79 Å². The molecule has 8 nitrogen and oxygen atoms in total. The zero-order valence-electron chi connectivity index (χ0n) is 13.5. The van der Waals surface area contributed by atoms with Crippen LogP contribution in [0.1, 0.15) is 18.4 Å². The van der Waals surface area contributed by atoms with Gasteiger partial charge in [-0.3, -0.25) is 10.1 Å². The molecule has 128 valence electrons. The maximum absolute atomic E-state index is 12.5. The van der Waals surface area contributed by atoms with Gasteiger partial charge < -0.3 is 10.5 Å². The lowest BCUT2D eigenvalue weighted by atomic mass is 9.78. The molecule has 25 heavy (non-hydrogen) atoms. The Morgan fingerprint density at radius 2 is 2.32 bits per heavy atom. The Hall–Kier alpha value is -3.47. The van der Waals surface area contributed by atoms with E-state index in [1.54, 1.807) is 13.0 Å². The number of carbonyl (C=O) groups excluding carboxylic acids is 1. The van der Waals surface area contributed by atoms with Crippen molar-refractivity contribution in [3.05, 3.63) is 63.9 Å². The largest absolute Gasteiger partial charge is 0.458 e. The predicted molar refractivity (Wildman–Crippen MR) is 90.4 cm³/mol. The number of esters is 1. The van der Waals surface area contributed by atoms with E-state index in [1.807, 2.05) is 6.07 Å². The summed E-state index contributed by atoms with van der Waals surface area (Å²) in [6, 6.07) is 7.77. The number of aliphatic imine (C=N–C) groups is 1. The fourth-order valence-electron chi connectivity index (χ4n) is 2.70. The van der Waals surface area contributed by atoms with Crippen LogP contribution >= 0.6 is 0 Å². The molecule has 8 heteroatoms. The summed E-state index contributed by atoms with van der Waals surface area (Å²) < 4.78 is 5.09. The molecule has 0 spiro atoms. The fraction of sp³-hybridized carbons (Fsp3) is 0.235. The highest BCUT2D eigenvalue weighted by atomic mass is 16.6. The van der Waals surface area contributed by atoms with Gasteiger partial charge in [0.05, 0.1) is 22.3 Å². The maximum atomic E-state index is 12.5.